The van der Waals surface area contributed by atoms with Crippen molar-refractivity contribution in [1.82, 2.24) is 20.5 Å². The summed E-state index contributed by atoms with van der Waals surface area (Å²) in [4.78, 5) is 16.9. The summed E-state index contributed by atoms with van der Waals surface area (Å²) in [5.41, 5.74) is 0. The molecule has 1 amide bonds. The van der Waals surface area contributed by atoms with Gasteiger partial charge in [0.15, 0.2) is 0 Å². The fraction of sp³-hybridized carbons (Fsp3) is 0.308. The van der Waals surface area contributed by atoms with E-state index in [4.69, 9.17) is 11.6 Å². The third kappa shape index (κ3) is 4.54. The smallest absolute Gasteiger partial charge is 0.221 e. The summed E-state index contributed by atoms with van der Waals surface area (Å²) in [6.07, 6.45) is 1.88. The van der Waals surface area contributed by atoms with Crippen LogP contribution in [0.25, 0.3) is 0 Å². The van der Waals surface area contributed by atoms with E-state index in [1.165, 1.54) is 6.33 Å². The average molecular weight is 311 g/mol. The first kappa shape index (κ1) is 14.9. The molecule has 2 N–H and O–H groups in total. The van der Waals surface area contributed by atoms with E-state index in [1.54, 1.807) is 11.8 Å². The topological polar surface area (TPSA) is 70.7 Å². The Morgan fingerprint density at radius 2 is 2.20 bits per heavy atom. The average Bonchev–Trinajstić information content (AvgIpc) is 2.95. The van der Waals surface area contributed by atoms with Crippen molar-refractivity contribution in [3.05, 3.63) is 41.4 Å². The summed E-state index contributed by atoms with van der Waals surface area (Å²) >= 11 is 7.44. The van der Waals surface area contributed by atoms with Crippen LogP contribution in [-0.2, 0) is 4.79 Å². The van der Waals surface area contributed by atoms with E-state index in [0.717, 1.165) is 10.6 Å². The fourth-order valence-electron chi connectivity index (χ4n) is 1.60. The van der Waals surface area contributed by atoms with E-state index in [0.29, 0.717) is 17.3 Å². The molecule has 1 aromatic heterocycles. The third-order valence-electron chi connectivity index (χ3n) is 2.63. The molecular weight excluding hydrogens is 296 g/mol. The molecular formula is C13H15ClN4OS. The Morgan fingerprint density at radius 3 is 2.85 bits per heavy atom. The lowest BCUT2D eigenvalue weighted by Crippen LogP contribution is -2.27. The predicted octanol–water partition coefficient (Wildman–Crippen LogP) is 2.82. The standard InChI is InChI=1S/C13H15ClN4OS/c1-9(13-15-8-16-18-13)17-12(19)6-7-20-11-4-2-10(14)3-5-11/h2-5,8-9H,6-7H2,1H3,(H,17,19)(H,15,16,18). The van der Waals surface area contributed by atoms with Gasteiger partial charge < -0.3 is 5.32 Å². The normalized spacial score (nSPS) is 12.1. The molecule has 1 atom stereocenters. The number of nitrogens with zero attached hydrogens (tertiary/aromatic N) is 2. The van der Waals surface area contributed by atoms with Crippen LogP contribution in [0.5, 0.6) is 0 Å². The third-order valence-corrected chi connectivity index (χ3v) is 3.90. The van der Waals surface area contributed by atoms with Gasteiger partial charge in [-0.05, 0) is 31.2 Å². The molecule has 5 nitrogen and oxygen atoms in total. The van der Waals surface area contributed by atoms with Gasteiger partial charge in [0.1, 0.15) is 12.2 Å². The first-order chi connectivity index (χ1) is 9.65. The molecule has 20 heavy (non-hydrogen) atoms. The summed E-state index contributed by atoms with van der Waals surface area (Å²) in [6.45, 7) is 1.87. The summed E-state index contributed by atoms with van der Waals surface area (Å²) in [7, 11) is 0. The van der Waals surface area contributed by atoms with E-state index in [1.807, 2.05) is 31.2 Å². The minimum Gasteiger partial charge on any atom is -0.346 e. The highest BCUT2D eigenvalue weighted by atomic mass is 35.5. The molecule has 0 aliphatic rings. The van der Waals surface area contributed by atoms with Crippen molar-refractivity contribution in [2.45, 2.75) is 24.3 Å². The highest BCUT2D eigenvalue weighted by molar-refractivity contribution is 7.99. The number of carbonyl (C=O) groups excluding carboxylic acids is 1. The fourth-order valence-corrected chi connectivity index (χ4v) is 2.58. The number of aromatic amines is 1. The highest BCUT2D eigenvalue weighted by Crippen LogP contribution is 2.20. The maximum atomic E-state index is 11.8. The number of rotatable bonds is 6. The van der Waals surface area contributed by atoms with Crippen molar-refractivity contribution < 1.29 is 4.79 Å². The largest absolute Gasteiger partial charge is 0.346 e. The first-order valence-electron chi connectivity index (χ1n) is 6.18. The lowest BCUT2D eigenvalue weighted by atomic mass is 10.3. The molecule has 1 heterocycles. The van der Waals surface area contributed by atoms with E-state index in [-0.39, 0.29) is 11.9 Å². The number of thioether (sulfide) groups is 1. The van der Waals surface area contributed by atoms with E-state index >= 15 is 0 Å². The summed E-state index contributed by atoms with van der Waals surface area (Å²) in [6, 6.07) is 7.42. The molecule has 0 saturated carbocycles. The molecule has 2 rings (SSSR count). The Hall–Kier alpha value is -1.53. The van der Waals surface area contributed by atoms with Crippen molar-refractivity contribution in [3.63, 3.8) is 0 Å². The van der Waals surface area contributed by atoms with Crippen LogP contribution in [0.2, 0.25) is 5.02 Å². The molecule has 0 saturated heterocycles. The van der Waals surface area contributed by atoms with Gasteiger partial charge in [0.05, 0.1) is 6.04 Å². The molecule has 0 aliphatic carbocycles. The van der Waals surface area contributed by atoms with Gasteiger partial charge in [0.25, 0.3) is 0 Å². The number of benzene rings is 1. The van der Waals surface area contributed by atoms with Crippen LogP contribution in [0.15, 0.2) is 35.5 Å². The number of halogens is 1. The number of carbonyl (C=O) groups is 1. The molecule has 1 aromatic carbocycles. The Labute approximate surface area is 126 Å². The van der Waals surface area contributed by atoms with Crippen LogP contribution in [-0.4, -0.2) is 26.8 Å². The van der Waals surface area contributed by atoms with E-state index < -0.39 is 0 Å². The number of aromatic nitrogens is 3. The van der Waals surface area contributed by atoms with Crippen LogP contribution >= 0.6 is 23.4 Å². The summed E-state index contributed by atoms with van der Waals surface area (Å²) in [5, 5.41) is 10.1. The van der Waals surface area contributed by atoms with Crippen LogP contribution in [0.1, 0.15) is 25.2 Å². The predicted molar refractivity (Wildman–Crippen MR) is 79.7 cm³/mol. The number of H-pyrrole nitrogens is 1. The molecule has 2 aromatic rings. The minimum atomic E-state index is -0.162. The Kier molecular flexibility index (Phi) is 5.43. The molecule has 1 unspecified atom stereocenters. The van der Waals surface area contributed by atoms with Crippen LogP contribution in [0.3, 0.4) is 0 Å². The molecule has 7 heteroatoms. The molecule has 0 bridgehead atoms. The van der Waals surface area contributed by atoms with E-state index in [9.17, 15) is 4.79 Å². The molecule has 106 valence electrons. The summed E-state index contributed by atoms with van der Waals surface area (Å²) in [5.74, 6) is 1.37. The monoisotopic (exact) mass is 310 g/mol. The molecule has 0 radical (unpaired) electrons. The summed E-state index contributed by atoms with van der Waals surface area (Å²) < 4.78 is 0. The zero-order chi connectivity index (χ0) is 14.4. The Morgan fingerprint density at radius 1 is 1.45 bits per heavy atom. The maximum absolute atomic E-state index is 11.8. The molecule has 0 spiro atoms. The van der Waals surface area contributed by atoms with Gasteiger partial charge in [-0.2, -0.15) is 5.10 Å². The second-order valence-corrected chi connectivity index (χ2v) is 5.82. The van der Waals surface area contributed by atoms with Gasteiger partial charge in [-0.3, -0.25) is 9.89 Å². The zero-order valence-electron chi connectivity index (χ0n) is 11.0. The number of nitrogens with one attached hydrogen (secondary N) is 2. The van der Waals surface area contributed by atoms with Crippen molar-refractivity contribution in [2.75, 3.05) is 5.75 Å². The van der Waals surface area contributed by atoms with Crippen LogP contribution in [0.4, 0.5) is 0 Å². The van der Waals surface area contributed by atoms with Crippen molar-refractivity contribution in [2.24, 2.45) is 0 Å². The van der Waals surface area contributed by atoms with Gasteiger partial charge >= 0.3 is 0 Å². The highest BCUT2D eigenvalue weighted by Gasteiger charge is 2.11. The van der Waals surface area contributed by atoms with Gasteiger partial charge in [0.2, 0.25) is 5.91 Å². The van der Waals surface area contributed by atoms with E-state index in [2.05, 4.69) is 20.5 Å². The first-order valence-corrected chi connectivity index (χ1v) is 7.54. The van der Waals surface area contributed by atoms with Crippen LogP contribution < -0.4 is 5.32 Å². The number of hydrogen-bond donors (Lipinski definition) is 2. The lowest BCUT2D eigenvalue weighted by molar-refractivity contribution is -0.121. The minimum absolute atomic E-state index is 0.00429. The van der Waals surface area contributed by atoms with Gasteiger partial charge in [-0.25, -0.2) is 4.98 Å². The number of hydrogen-bond acceptors (Lipinski definition) is 4. The van der Waals surface area contributed by atoms with Crippen molar-refractivity contribution in [1.29, 1.82) is 0 Å². The SMILES string of the molecule is CC(NC(=O)CCSc1ccc(Cl)cc1)c1ncn[nH]1. The zero-order valence-corrected chi connectivity index (χ0v) is 12.5. The number of amides is 1. The van der Waals surface area contributed by atoms with Gasteiger partial charge in [-0.15, -0.1) is 11.8 Å². The second kappa shape index (κ2) is 7.31. The maximum Gasteiger partial charge on any atom is 0.221 e. The second-order valence-electron chi connectivity index (χ2n) is 4.21. The van der Waals surface area contributed by atoms with Crippen molar-refractivity contribution in [3.8, 4) is 0 Å². The molecule has 0 fully saturated rings. The molecule has 0 aliphatic heterocycles. The Bertz CT molecular complexity index is 544. The van der Waals surface area contributed by atoms with Crippen LogP contribution in [0, 0.1) is 0 Å². The van der Waals surface area contributed by atoms with Gasteiger partial charge in [0, 0.05) is 22.1 Å². The Balaban J connectivity index is 1.71. The lowest BCUT2D eigenvalue weighted by Gasteiger charge is -2.10. The van der Waals surface area contributed by atoms with Gasteiger partial charge in [-0.1, -0.05) is 11.6 Å². The van der Waals surface area contributed by atoms with Crippen molar-refractivity contribution >= 4 is 29.3 Å². The quantitative estimate of drug-likeness (QED) is 0.805.